The first-order valence-electron chi connectivity index (χ1n) is 12.2. The number of likely N-dealkylation sites (tertiary alicyclic amines) is 1. The molecule has 6 nitrogen and oxygen atoms in total. The summed E-state index contributed by atoms with van der Waals surface area (Å²) in [6, 6.07) is 14.3. The van der Waals surface area contributed by atoms with E-state index in [0.717, 1.165) is 14.7 Å². The van der Waals surface area contributed by atoms with Gasteiger partial charge in [-0.15, -0.1) is 0 Å². The van der Waals surface area contributed by atoms with E-state index in [1.165, 1.54) is 0 Å². The van der Waals surface area contributed by atoms with Crippen LogP contribution in [0.25, 0.3) is 0 Å². The van der Waals surface area contributed by atoms with Crippen LogP contribution in [0, 0.1) is 8.99 Å². The molecule has 196 valence electrons. The number of sulfone groups is 1. The summed E-state index contributed by atoms with van der Waals surface area (Å²) in [7, 11) is -3.40. The molecule has 0 bridgehead atoms. The Bertz CT molecular complexity index is 1200. The van der Waals surface area contributed by atoms with Gasteiger partial charge < -0.3 is 10.0 Å². The Morgan fingerprint density at radius 2 is 1.83 bits per heavy atom. The minimum absolute atomic E-state index is 0.0223. The number of rotatable bonds is 10. The van der Waals surface area contributed by atoms with Crippen LogP contribution in [0.1, 0.15) is 69.5 Å². The van der Waals surface area contributed by atoms with Crippen LogP contribution < -0.4 is 0 Å². The molecule has 2 aromatic carbocycles. The molecule has 4 atom stereocenters. The molecule has 1 aliphatic heterocycles. The molecule has 0 aromatic heterocycles. The van der Waals surface area contributed by atoms with E-state index >= 15 is 0 Å². The van der Waals surface area contributed by atoms with Crippen LogP contribution in [0.3, 0.4) is 0 Å². The molecule has 0 aliphatic carbocycles. The smallest absolute Gasteiger partial charge is 0.304 e. The van der Waals surface area contributed by atoms with Crippen molar-refractivity contribution >= 4 is 55.9 Å². The third-order valence-corrected chi connectivity index (χ3v) is 10.1. The molecule has 9 heteroatoms. The predicted octanol–water partition coefficient (Wildman–Crippen LogP) is 6.09. The Balaban J connectivity index is 2.30. The van der Waals surface area contributed by atoms with Gasteiger partial charge >= 0.3 is 5.97 Å². The summed E-state index contributed by atoms with van der Waals surface area (Å²) in [6.45, 7) is 5.32. The van der Waals surface area contributed by atoms with E-state index in [4.69, 9.17) is 11.6 Å². The van der Waals surface area contributed by atoms with E-state index in [1.54, 1.807) is 24.0 Å². The fourth-order valence-electron chi connectivity index (χ4n) is 5.36. The quantitative estimate of drug-likeness (QED) is 0.316. The zero-order valence-electron chi connectivity index (χ0n) is 20.8. The second-order valence-corrected chi connectivity index (χ2v) is 13.6. The van der Waals surface area contributed by atoms with Gasteiger partial charge in [0.25, 0.3) is 0 Å². The van der Waals surface area contributed by atoms with Crippen molar-refractivity contribution in [3.05, 3.63) is 68.3 Å². The van der Waals surface area contributed by atoms with E-state index in [0.29, 0.717) is 24.3 Å². The van der Waals surface area contributed by atoms with Crippen molar-refractivity contribution < 1.29 is 23.1 Å². The van der Waals surface area contributed by atoms with Crippen molar-refractivity contribution in [1.82, 2.24) is 4.90 Å². The molecule has 0 saturated carbocycles. The van der Waals surface area contributed by atoms with Crippen LogP contribution in [0.2, 0.25) is 5.02 Å². The molecule has 1 unspecified atom stereocenters. The molecule has 1 heterocycles. The fraction of sp³-hybridized carbons (Fsp3) is 0.481. The van der Waals surface area contributed by atoms with Gasteiger partial charge in [0, 0.05) is 26.3 Å². The van der Waals surface area contributed by atoms with E-state index in [2.05, 4.69) is 28.7 Å². The van der Waals surface area contributed by atoms with Crippen molar-refractivity contribution in [3.8, 4) is 0 Å². The normalized spacial score (nSPS) is 23.5. The number of halogens is 2. The van der Waals surface area contributed by atoms with Crippen LogP contribution in [-0.2, 0) is 19.4 Å². The van der Waals surface area contributed by atoms with Gasteiger partial charge in [-0.2, -0.15) is 0 Å². The molecular formula is C27H33ClINO5S. The molecule has 1 amide bonds. The lowest BCUT2D eigenvalue weighted by Gasteiger charge is -2.52. The van der Waals surface area contributed by atoms with Crippen molar-refractivity contribution in [2.75, 3.05) is 11.5 Å². The Hall–Kier alpha value is -1.65. The molecular weight excluding hydrogens is 613 g/mol. The topological polar surface area (TPSA) is 91.8 Å². The predicted molar refractivity (Wildman–Crippen MR) is 151 cm³/mol. The van der Waals surface area contributed by atoms with Gasteiger partial charge in [0.1, 0.15) is 0 Å². The third kappa shape index (κ3) is 6.25. The average Bonchev–Trinajstić information content (AvgIpc) is 2.84. The number of piperidine rings is 1. The van der Waals surface area contributed by atoms with Crippen molar-refractivity contribution in [2.24, 2.45) is 5.41 Å². The maximum atomic E-state index is 14.3. The van der Waals surface area contributed by atoms with Gasteiger partial charge in [-0.25, -0.2) is 8.42 Å². The highest BCUT2D eigenvalue weighted by atomic mass is 127. The first-order valence-corrected chi connectivity index (χ1v) is 15.5. The fourth-order valence-corrected chi connectivity index (χ4v) is 7.27. The first kappa shape index (κ1) is 28.9. The number of aliphatic carboxylic acids is 1. The number of carbonyl (C=O) groups is 2. The number of amides is 1. The van der Waals surface area contributed by atoms with Crippen LogP contribution in [0.15, 0.2) is 48.5 Å². The monoisotopic (exact) mass is 645 g/mol. The standard InChI is InChI=1S/C27H33ClINO5S/c1-4-22(17-36(34,35)6-3)30-25(18-10-12-20(28)13-11-18)23(19-8-7-9-21(29)14-19)15-27(5-2,26(30)33)16-24(31)32/h7-14,22-23,25H,4-6,15-17H2,1-3H3,(H,31,32)/t22?,23-,25-,27-/m1/s1. The molecule has 0 radical (unpaired) electrons. The second kappa shape index (κ2) is 11.8. The van der Waals surface area contributed by atoms with Crippen LogP contribution in [0.4, 0.5) is 0 Å². The van der Waals surface area contributed by atoms with E-state index in [9.17, 15) is 23.1 Å². The molecule has 3 rings (SSSR count). The SMILES string of the molecule is CCC(CS(=O)(=O)CC)N1C(=O)[C@@](CC)(CC(=O)O)C[C@H](c2cccc(I)c2)[C@H]1c1ccc(Cl)cc1. The van der Waals surface area contributed by atoms with Gasteiger partial charge in [0.15, 0.2) is 9.84 Å². The van der Waals surface area contributed by atoms with Crippen LogP contribution >= 0.6 is 34.2 Å². The molecule has 0 spiro atoms. The van der Waals surface area contributed by atoms with E-state index in [1.807, 2.05) is 44.2 Å². The number of carbonyl (C=O) groups excluding carboxylic acids is 1. The second-order valence-electron chi connectivity index (χ2n) is 9.54. The molecule has 1 saturated heterocycles. The van der Waals surface area contributed by atoms with Crippen molar-refractivity contribution in [3.63, 3.8) is 0 Å². The zero-order valence-corrected chi connectivity index (χ0v) is 24.5. The molecule has 1 N–H and O–H groups in total. The number of carboxylic acid groups (broad SMARTS) is 1. The Morgan fingerprint density at radius 3 is 2.36 bits per heavy atom. The number of hydrogen-bond donors (Lipinski definition) is 1. The lowest BCUT2D eigenvalue weighted by atomic mass is 9.65. The zero-order chi connectivity index (χ0) is 26.7. The Labute approximate surface area is 232 Å². The summed E-state index contributed by atoms with van der Waals surface area (Å²) in [5.74, 6) is -1.73. The minimum Gasteiger partial charge on any atom is -0.481 e. The molecule has 1 fully saturated rings. The Morgan fingerprint density at radius 1 is 1.17 bits per heavy atom. The van der Waals surface area contributed by atoms with E-state index in [-0.39, 0.29) is 29.8 Å². The largest absolute Gasteiger partial charge is 0.481 e. The number of nitrogens with zero attached hydrogens (tertiary/aromatic N) is 1. The summed E-state index contributed by atoms with van der Waals surface area (Å²) in [4.78, 5) is 28.0. The van der Waals surface area contributed by atoms with Gasteiger partial charge in [-0.3, -0.25) is 9.59 Å². The van der Waals surface area contributed by atoms with Crippen LogP contribution in [-0.4, -0.2) is 47.8 Å². The summed E-state index contributed by atoms with van der Waals surface area (Å²) in [5.41, 5.74) is 0.712. The molecule has 1 aliphatic rings. The lowest BCUT2D eigenvalue weighted by Crippen LogP contribution is -2.58. The van der Waals surface area contributed by atoms with Gasteiger partial charge in [0.05, 0.1) is 23.6 Å². The average molecular weight is 646 g/mol. The first-order chi connectivity index (χ1) is 17.0. The summed E-state index contributed by atoms with van der Waals surface area (Å²) >= 11 is 8.43. The number of hydrogen-bond acceptors (Lipinski definition) is 4. The number of benzene rings is 2. The van der Waals surface area contributed by atoms with Gasteiger partial charge in [0.2, 0.25) is 5.91 Å². The molecule has 36 heavy (non-hydrogen) atoms. The highest BCUT2D eigenvalue weighted by molar-refractivity contribution is 14.1. The molecule has 2 aromatic rings. The maximum absolute atomic E-state index is 14.3. The number of carboxylic acids is 1. The lowest BCUT2D eigenvalue weighted by molar-refractivity contribution is -0.161. The summed E-state index contributed by atoms with van der Waals surface area (Å²) in [6.07, 6.45) is 0.833. The maximum Gasteiger partial charge on any atom is 0.304 e. The summed E-state index contributed by atoms with van der Waals surface area (Å²) in [5, 5.41) is 10.4. The van der Waals surface area contributed by atoms with Crippen molar-refractivity contribution in [2.45, 2.75) is 64.5 Å². The highest BCUT2D eigenvalue weighted by Crippen LogP contribution is 2.53. The Kier molecular flexibility index (Phi) is 9.49. The van der Waals surface area contributed by atoms with E-state index < -0.39 is 33.3 Å². The summed E-state index contributed by atoms with van der Waals surface area (Å²) < 4.78 is 26.6. The minimum atomic E-state index is -3.40. The van der Waals surface area contributed by atoms with Crippen LogP contribution in [0.5, 0.6) is 0 Å². The van der Waals surface area contributed by atoms with Crippen molar-refractivity contribution in [1.29, 1.82) is 0 Å². The highest BCUT2D eigenvalue weighted by Gasteiger charge is 2.54. The van der Waals surface area contributed by atoms with Gasteiger partial charge in [-0.1, -0.05) is 56.6 Å². The van der Waals surface area contributed by atoms with Gasteiger partial charge in [-0.05, 0) is 77.2 Å². The third-order valence-electron chi connectivity index (χ3n) is 7.39.